The van der Waals surface area contributed by atoms with Crippen LogP contribution < -0.4 is 0 Å². The van der Waals surface area contributed by atoms with Gasteiger partial charge in [0.25, 0.3) is 5.91 Å². The maximum Gasteiger partial charge on any atom is 0.255 e. The predicted octanol–water partition coefficient (Wildman–Crippen LogP) is 3.76. The summed E-state index contributed by atoms with van der Waals surface area (Å²) in [5.74, 6) is -1.16. The molecule has 0 unspecified atom stereocenters. The molecule has 0 radical (unpaired) electrons. The zero-order chi connectivity index (χ0) is 22.7. The molecule has 1 aliphatic heterocycles. The first-order valence-corrected chi connectivity index (χ1v) is 11.7. The Balaban J connectivity index is 1.29. The number of Topliss-reactive ketones (excluding diaryl/α,β-unsaturated/α-hetero) is 1. The zero-order valence-electron chi connectivity index (χ0n) is 17.4. The van der Waals surface area contributed by atoms with Gasteiger partial charge in [0.05, 0.1) is 0 Å². The highest BCUT2D eigenvalue weighted by Crippen LogP contribution is 2.25. The quantitative estimate of drug-likeness (QED) is 0.526. The maximum atomic E-state index is 12.6. The largest absolute Gasteiger partial charge is 0.382 e. The molecular weight excluding hydrogens is 446 g/mol. The van der Waals surface area contributed by atoms with Crippen LogP contribution in [-0.2, 0) is 35.5 Å². The molecule has 32 heavy (non-hydrogen) atoms. The standard InChI is InChI=1S/C25H24ClNO4S/c26-21-8-4-3-5-17(21)11-16-12-20(32-15-16)9-10-22(28)23(29)24(30)25(31)27-13-18-6-1-2-7-19(18)14-27/h1-8,12,15,23-24,29-30H,9-11,13-14H2/t23-,24+/m0/s1. The van der Waals surface area contributed by atoms with Gasteiger partial charge in [-0.05, 0) is 52.6 Å². The van der Waals surface area contributed by atoms with E-state index in [0.29, 0.717) is 25.9 Å². The number of aliphatic hydroxyl groups excluding tert-OH is 2. The molecule has 0 spiro atoms. The van der Waals surface area contributed by atoms with Crippen molar-refractivity contribution >= 4 is 34.6 Å². The number of carbonyl (C=O) groups excluding carboxylic acids is 2. The first-order chi connectivity index (χ1) is 15.4. The average molecular weight is 470 g/mol. The lowest BCUT2D eigenvalue weighted by atomic mass is 10.0. The minimum Gasteiger partial charge on any atom is -0.382 e. The molecule has 1 aromatic heterocycles. The van der Waals surface area contributed by atoms with Gasteiger partial charge in [-0.25, -0.2) is 0 Å². The number of aryl methyl sites for hydroxylation is 1. The van der Waals surface area contributed by atoms with Gasteiger partial charge in [0, 0.05) is 29.4 Å². The molecule has 2 aromatic carbocycles. The Bertz CT molecular complexity index is 1100. The molecule has 0 saturated carbocycles. The molecule has 0 fully saturated rings. The summed E-state index contributed by atoms with van der Waals surface area (Å²) in [4.78, 5) is 27.5. The number of nitrogens with zero attached hydrogens (tertiary/aromatic N) is 1. The molecule has 1 amide bonds. The van der Waals surface area contributed by atoms with Crippen LogP contribution in [0.2, 0.25) is 5.02 Å². The van der Waals surface area contributed by atoms with Gasteiger partial charge in [0.1, 0.15) is 6.10 Å². The molecule has 0 bridgehead atoms. The van der Waals surface area contributed by atoms with Crippen LogP contribution in [0.1, 0.15) is 33.6 Å². The molecule has 2 heterocycles. The Kier molecular flexibility index (Phi) is 7.06. The Morgan fingerprint density at radius 3 is 2.34 bits per heavy atom. The maximum absolute atomic E-state index is 12.6. The fourth-order valence-corrected chi connectivity index (χ4v) is 4.99. The van der Waals surface area contributed by atoms with E-state index in [1.165, 1.54) is 4.90 Å². The van der Waals surface area contributed by atoms with Crippen molar-refractivity contribution in [1.82, 2.24) is 4.90 Å². The van der Waals surface area contributed by atoms with Crippen LogP contribution in [0.25, 0.3) is 0 Å². The summed E-state index contributed by atoms with van der Waals surface area (Å²) in [5.41, 5.74) is 4.17. The van der Waals surface area contributed by atoms with Crippen LogP contribution in [-0.4, -0.2) is 39.0 Å². The van der Waals surface area contributed by atoms with Crippen LogP contribution in [0.5, 0.6) is 0 Å². The minimum atomic E-state index is -1.75. The highest BCUT2D eigenvalue weighted by molar-refractivity contribution is 7.10. The van der Waals surface area contributed by atoms with Gasteiger partial charge >= 0.3 is 0 Å². The lowest BCUT2D eigenvalue weighted by molar-refractivity contribution is -0.152. The summed E-state index contributed by atoms with van der Waals surface area (Å²) in [7, 11) is 0. The summed E-state index contributed by atoms with van der Waals surface area (Å²) >= 11 is 7.77. The first kappa shape index (κ1) is 22.7. The highest BCUT2D eigenvalue weighted by atomic mass is 35.5. The van der Waals surface area contributed by atoms with Gasteiger partial charge in [0.2, 0.25) is 0 Å². The van der Waals surface area contributed by atoms with Gasteiger partial charge < -0.3 is 15.1 Å². The van der Waals surface area contributed by atoms with Gasteiger partial charge in [-0.3, -0.25) is 9.59 Å². The van der Waals surface area contributed by atoms with Crippen molar-refractivity contribution in [3.63, 3.8) is 0 Å². The monoisotopic (exact) mass is 469 g/mol. The van der Waals surface area contributed by atoms with E-state index in [0.717, 1.165) is 32.2 Å². The van der Waals surface area contributed by atoms with Crippen LogP contribution >= 0.6 is 22.9 Å². The molecular formula is C25H24ClNO4S. The fourth-order valence-electron chi connectivity index (χ4n) is 3.89. The van der Waals surface area contributed by atoms with E-state index < -0.39 is 23.9 Å². The van der Waals surface area contributed by atoms with Crippen molar-refractivity contribution in [2.45, 2.75) is 44.6 Å². The van der Waals surface area contributed by atoms with E-state index in [1.807, 2.05) is 60.0 Å². The highest BCUT2D eigenvalue weighted by Gasteiger charge is 2.35. The summed E-state index contributed by atoms with van der Waals surface area (Å²) in [6, 6.07) is 17.4. The summed E-state index contributed by atoms with van der Waals surface area (Å²) in [6.07, 6.45) is -2.28. The second kappa shape index (κ2) is 9.96. The Hall–Kier alpha value is -2.51. The number of rotatable bonds is 8. The van der Waals surface area contributed by atoms with E-state index in [9.17, 15) is 19.8 Å². The van der Waals surface area contributed by atoms with Gasteiger partial charge in [0.15, 0.2) is 11.9 Å². The number of carbonyl (C=O) groups is 2. The molecule has 166 valence electrons. The van der Waals surface area contributed by atoms with Gasteiger partial charge in [-0.2, -0.15) is 0 Å². The van der Waals surface area contributed by atoms with Gasteiger partial charge in [-0.15, -0.1) is 11.3 Å². The summed E-state index contributed by atoms with van der Waals surface area (Å²) < 4.78 is 0. The molecule has 5 nitrogen and oxygen atoms in total. The number of ketones is 1. The van der Waals surface area contributed by atoms with E-state index in [1.54, 1.807) is 11.3 Å². The summed E-state index contributed by atoms with van der Waals surface area (Å²) in [6.45, 7) is 0.743. The van der Waals surface area contributed by atoms with Crippen molar-refractivity contribution in [2.24, 2.45) is 0 Å². The van der Waals surface area contributed by atoms with E-state index in [-0.39, 0.29) is 6.42 Å². The third kappa shape index (κ3) is 5.10. The first-order valence-electron chi connectivity index (χ1n) is 10.5. The van der Waals surface area contributed by atoms with Crippen LogP contribution in [0.3, 0.4) is 0 Å². The topological polar surface area (TPSA) is 77.8 Å². The number of amides is 1. The average Bonchev–Trinajstić information content (AvgIpc) is 3.44. The molecule has 3 aromatic rings. The van der Waals surface area contributed by atoms with Crippen molar-refractivity contribution in [1.29, 1.82) is 0 Å². The number of hydrogen-bond donors (Lipinski definition) is 2. The number of thiophene rings is 1. The minimum absolute atomic E-state index is 0.0534. The molecule has 0 saturated heterocycles. The third-order valence-corrected chi connectivity index (χ3v) is 7.13. The molecule has 7 heteroatoms. The van der Waals surface area contributed by atoms with Crippen LogP contribution in [0.4, 0.5) is 0 Å². The lowest BCUT2D eigenvalue weighted by Gasteiger charge is -2.22. The fraction of sp³-hybridized carbons (Fsp3) is 0.280. The van der Waals surface area contributed by atoms with E-state index >= 15 is 0 Å². The van der Waals surface area contributed by atoms with E-state index in [2.05, 4.69) is 0 Å². The lowest BCUT2D eigenvalue weighted by Crippen LogP contribution is -2.46. The molecule has 4 rings (SSSR count). The molecule has 0 aliphatic carbocycles. The molecule has 1 aliphatic rings. The smallest absolute Gasteiger partial charge is 0.255 e. The number of fused-ring (bicyclic) bond motifs is 1. The van der Waals surface area contributed by atoms with Crippen molar-refractivity contribution in [3.05, 3.63) is 92.1 Å². The number of hydrogen-bond acceptors (Lipinski definition) is 5. The van der Waals surface area contributed by atoms with Crippen molar-refractivity contribution in [2.75, 3.05) is 0 Å². The van der Waals surface area contributed by atoms with Crippen LogP contribution in [0.15, 0.2) is 60.0 Å². The zero-order valence-corrected chi connectivity index (χ0v) is 19.0. The van der Waals surface area contributed by atoms with Crippen molar-refractivity contribution in [3.8, 4) is 0 Å². The second-order valence-electron chi connectivity index (χ2n) is 8.01. The third-order valence-electron chi connectivity index (χ3n) is 5.71. The van der Waals surface area contributed by atoms with Crippen LogP contribution in [0, 0.1) is 0 Å². The van der Waals surface area contributed by atoms with E-state index in [4.69, 9.17) is 11.6 Å². The SMILES string of the molecule is O=C(CCc1cc(Cc2ccccc2Cl)cs1)[C@H](O)[C@@H](O)C(=O)N1Cc2ccccc2C1. The Labute approximate surface area is 195 Å². The van der Waals surface area contributed by atoms with Crippen molar-refractivity contribution < 1.29 is 19.8 Å². The molecule has 2 N–H and O–H groups in total. The normalized spacial score (nSPS) is 14.8. The number of aliphatic hydroxyl groups is 2. The molecule has 2 atom stereocenters. The van der Waals surface area contributed by atoms with Gasteiger partial charge in [-0.1, -0.05) is 54.1 Å². The number of halogens is 1. The Morgan fingerprint density at radius 1 is 1.00 bits per heavy atom. The Morgan fingerprint density at radius 2 is 1.66 bits per heavy atom. The predicted molar refractivity (Wildman–Crippen MR) is 125 cm³/mol. The number of benzene rings is 2. The summed E-state index contributed by atoms with van der Waals surface area (Å²) in [5, 5.41) is 23.4. The second-order valence-corrected chi connectivity index (χ2v) is 9.41.